The minimum absolute atomic E-state index is 0.00425. The highest BCUT2D eigenvalue weighted by molar-refractivity contribution is 5.83. The fourth-order valence-corrected chi connectivity index (χ4v) is 4.41. The van der Waals surface area contributed by atoms with Crippen molar-refractivity contribution in [3.63, 3.8) is 0 Å². The standard InChI is InChI=1S/C23H29N3O3/c27-21-12-11-19(15-26(21)14-17-7-3-1-4-8-17)22(28)24-13-20-16-29-23(25-20)18-9-5-2-6-10-18/h2,5-6,9-10,16-17,19H,1,3-4,7-8,11-15H2,(H,24,28)/t19-/m0/s1. The Bertz CT molecular complexity index is 827. The molecular formula is C23H29N3O3. The Labute approximate surface area is 171 Å². The predicted octanol–water partition coefficient (Wildman–Crippen LogP) is 3.78. The van der Waals surface area contributed by atoms with E-state index in [1.165, 1.54) is 32.1 Å². The fourth-order valence-electron chi connectivity index (χ4n) is 4.41. The number of oxazole rings is 1. The third kappa shape index (κ3) is 5.05. The number of nitrogens with one attached hydrogen (secondary N) is 1. The first-order chi connectivity index (χ1) is 14.2. The lowest BCUT2D eigenvalue weighted by Gasteiger charge is -2.35. The van der Waals surface area contributed by atoms with E-state index in [0.717, 1.165) is 12.1 Å². The van der Waals surface area contributed by atoms with Gasteiger partial charge >= 0.3 is 0 Å². The molecule has 2 heterocycles. The van der Waals surface area contributed by atoms with Gasteiger partial charge in [0, 0.05) is 25.1 Å². The van der Waals surface area contributed by atoms with Crippen LogP contribution in [0.3, 0.4) is 0 Å². The van der Waals surface area contributed by atoms with E-state index in [4.69, 9.17) is 4.42 Å². The smallest absolute Gasteiger partial charge is 0.226 e. The van der Waals surface area contributed by atoms with Gasteiger partial charge in [-0.25, -0.2) is 4.98 Å². The van der Waals surface area contributed by atoms with Crippen LogP contribution in [0.4, 0.5) is 0 Å². The van der Waals surface area contributed by atoms with Crippen molar-refractivity contribution in [1.82, 2.24) is 15.2 Å². The number of rotatable bonds is 6. The van der Waals surface area contributed by atoms with Gasteiger partial charge in [0.1, 0.15) is 6.26 Å². The summed E-state index contributed by atoms with van der Waals surface area (Å²) >= 11 is 0. The highest BCUT2D eigenvalue weighted by Crippen LogP contribution is 2.27. The molecule has 29 heavy (non-hydrogen) atoms. The Morgan fingerprint density at radius 2 is 1.93 bits per heavy atom. The van der Waals surface area contributed by atoms with E-state index >= 15 is 0 Å². The van der Waals surface area contributed by atoms with E-state index in [1.807, 2.05) is 35.2 Å². The molecule has 6 nitrogen and oxygen atoms in total. The highest BCUT2D eigenvalue weighted by atomic mass is 16.3. The molecule has 2 fully saturated rings. The monoisotopic (exact) mass is 395 g/mol. The lowest BCUT2D eigenvalue weighted by molar-refractivity contribution is -0.139. The van der Waals surface area contributed by atoms with Gasteiger partial charge in [0.15, 0.2) is 0 Å². The van der Waals surface area contributed by atoms with E-state index in [1.54, 1.807) is 6.26 Å². The number of carbonyl (C=O) groups is 2. The summed E-state index contributed by atoms with van der Waals surface area (Å²) in [4.78, 5) is 31.4. The van der Waals surface area contributed by atoms with Crippen molar-refractivity contribution in [2.45, 2.75) is 51.5 Å². The molecule has 0 spiro atoms. The first-order valence-electron chi connectivity index (χ1n) is 10.7. The number of nitrogens with zero attached hydrogens (tertiary/aromatic N) is 2. The van der Waals surface area contributed by atoms with Crippen LogP contribution in [0.15, 0.2) is 41.0 Å². The SMILES string of the molecule is O=C(NCc1coc(-c2ccccc2)n1)[C@H]1CCC(=O)N(CC2CCCCC2)C1. The van der Waals surface area contributed by atoms with Gasteiger partial charge in [0.2, 0.25) is 17.7 Å². The van der Waals surface area contributed by atoms with Gasteiger partial charge in [-0.15, -0.1) is 0 Å². The Hall–Kier alpha value is -2.63. The molecule has 1 aromatic carbocycles. The summed E-state index contributed by atoms with van der Waals surface area (Å²) in [5, 5.41) is 2.97. The highest BCUT2D eigenvalue weighted by Gasteiger charge is 2.31. The fraction of sp³-hybridized carbons (Fsp3) is 0.522. The quantitative estimate of drug-likeness (QED) is 0.808. The molecule has 1 aliphatic carbocycles. The molecule has 2 aliphatic rings. The lowest BCUT2D eigenvalue weighted by Crippen LogP contribution is -2.47. The van der Waals surface area contributed by atoms with Gasteiger partial charge in [0.05, 0.1) is 18.2 Å². The van der Waals surface area contributed by atoms with Crippen molar-refractivity contribution in [2.24, 2.45) is 11.8 Å². The number of aromatic nitrogens is 1. The van der Waals surface area contributed by atoms with E-state index in [-0.39, 0.29) is 17.7 Å². The number of likely N-dealkylation sites (tertiary alicyclic amines) is 1. The van der Waals surface area contributed by atoms with E-state index in [9.17, 15) is 9.59 Å². The lowest BCUT2D eigenvalue weighted by atomic mass is 9.87. The number of piperidine rings is 1. The van der Waals surface area contributed by atoms with Crippen molar-refractivity contribution in [2.75, 3.05) is 13.1 Å². The van der Waals surface area contributed by atoms with Crippen LogP contribution >= 0.6 is 0 Å². The molecule has 4 rings (SSSR count). The zero-order chi connectivity index (χ0) is 20.1. The van der Waals surface area contributed by atoms with E-state index < -0.39 is 0 Å². The largest absolute Gasteiger partial charge is 0.444 e. The average molecular weight is 396 g/mol. The minimum Gasteiger partial charge on any atom is -0.444 e. The number of hydrogen-bond donors (Lipinski definition) is 1. The predicted molar refractivity (Wildman–Crippen MR) is 110 cm³/mol. The third-order valence-corrected chi connectivity index (χ3v) is 6.09. The Morgan fingerprint density at radius 3 is 2.72 bits per heavy atom. The number of hydrogen-bond acceptors (Lipinski definition) is 4. The summed E-state index contributed by atoms with van der Waals surface area (Å²) in [5.41, 5.74) is 1.61. The molecule has 1 aliphatic heterocycles. The molecule has 1 saturated carbocycles. The second-order valence-corrected chi connectivity index (χ2v) is 8.27. The summed E-state index contributed by atoms with van der Waals surface area (Å²) in [6, 6.07) is 9.69. The molecule has 1 atom stereocenters. The van der Waals surface area contributed by atoms with Crippen molar-refractivity contribution in [1.29, 1.82) is 0 Å². The van der Waals surface area contributed by atoms with Gasteiger partial charge in [-0.05, 0) is 37.3 Å². The van der Waals surface area contributed by atoms with Crippen LogP contribution in [-0.4, -0.2) is 34.8 Å². The van der Waals surface area contributed by atoms with Crippen LogP contribution in [0.2, 0.25) is 0 Å². The third-order valence-electron chi connectivity index (χ3n) is 6.09. The van der Waals surface area contributed by atoms with Gasteiger partial charge in [0.25, 0.3) is 0 Å². The molecule has 1 saturated heterocycles. The Kier molecular flexibility index (Phi) is 6.27. The van der Waals surface area contributed by atoms with Crippen LogP contribution in [0.25, 0.3) is 11.5 Å². The summed E-state index contributed by atoms with van der Waals surface area (Å²) < 4.78 is 5.53. The van der Waals surface area contributed by atoms with Crippen LogP contribution in [0.1, 0.15) is 50.6 Å². The maximum absolute atomic E-state index is 12.7. The van der Waals surface area contributed by atoms with Crippen molar-refractivity contribution in [3.05, 3.63) is 42.3 Å². The van der Waals surface area contributed by atoms with Crippen LogP contribution in [0.5, 0.6) is 0 Å². The molecule has 154 valence electrons. The number of amides is 2. The second-order valence-electron chi connectivity index (χ2n) is 8.27. The first-order valence-corrected chi connectivity index (χ1v) is 10.7. The van der Waals surface area contributed by atoms with Crippen molar-refractivity contribution in [3.8, 4) is 11.5 Å². The summed E-state index contributed by atoms with van der Waals surface area (Å²) in [7, 11) is 0. The average Bonchev–Trinajstić information content (AvgIpc) is 3.24. The van der Waals surface area contributed by atoms with E-state index in [0.29, 0.717) is 43.4 Å². The molecular weight excluding hydrogens is 366 g/mol. The van der Waals surface area contributed by atoms with Crippen LogP contribution in [-0.2, 0) is 16.1 Å². The molecule has 0 bridgehead atoms. The van der Waals surface area contributed by atoms with Gasteiger partial charge in [-0.3, -0.25) is 9.59 Å². The maximum atomic E-state index is 12.7. The molecule has 1 N–H and O–H groups in total. The molecule has 0 unspecified atom stereocenters. The Morgan fingerprint density at radius 1 is 1.14 bits per heavy atom. The van der Waals surface area contributed by atoms with E-state index in [2.05, 4.69) is 10.3 Å². The van der Waals surface area contributed by atoms with Crippen LogP contribution < -0.4 is 5.32 Å². The molecule has 1 aromatic heterocycles. The summed E-state index contributed by atoms with van der Waals surface area (Å²) in [6.07, 6.45) is 8.92. The topological polar surface area (TPSA) is 75.4 Å². The second kappa shape index (κ2) is 9.25. The molecule has 6 heteroatoms. The van der Waals surface area contributed by atoms with Gasteiger partial charge in [-0.1, -0.05) is 37.5 Å². The zero-order valence-electron chi connectivity index (χ0n) is 16.8. The van der Waals surface area contributed by atoms with Crippen LogP contribution in [0, 0.1) is 11.8 Å². The Balaban J connectivity index is 1.29. The zero-order valence-corrected chi connectivity index (χ0v) is 16.8. The van der Waals surface area contributed by atoms with Crippen molar-refractivity contribution >= 4 is 11.8 Å². The normalized spacial score (nSPS) is 20.6. The first kappa shape index (κ1) is 19.7. The molecule has 2 aromatic rings. The van der Waals surface area contributed by atoms with Gasteiger partial charge < -0.3 is 14.6 Å². The molecule has 0 radical (unpaired) electrons. The summed E-state index contributed by atoms with van der Waals surface area (Å²) in [5.74, 6) is 1.20. The number of benzene rings is 1. The van der Waals surface area contributed by atoms with Gasteiger partial charge in [-0.2, -0.15) is 0 Å². The minimum atomic E-state index is -0.142. The summed E-state index contributed by atoms with van der Waals surface area (Å²) in [6.45, 7) is 1.68. The maximum Gasteiger partial charge on any atom is 0.226 e. The van der Waals surface area contributed by atoms with Crippen molar-refractivity contribution < 1.29 is 14.0 Å². The molecule has 2 amide bonds. The number of carbonyl (C=O) groups excluding carboxylic acids is 2.